The number of hydrogen-bond donors (Lipinski definition) is 1. The molecule has 0 aromatic heterocycles. The molecule has 1 rings (SSSR count). The molecule has 0 saturated heterocycles. The fraction of sp³-hybridized carbons (Fsp3) is 0.429. The highest BCUT2D eigenvalue weighted by molar-refractivity contribution is 5.97. The van der Waals surface area contributed by atoms with Gasteiger partial charge in [-0.1, -0.05) is 26.0 Å². The number of ketones is 1. The van der Waals surface area contributed by atoms with Crippen LogP contribution in [-0.2, 0) is 4.79 Å². The molecule has 0 amide bonds. The number of methoxy groups -OCH3 is 1. The van der Waals surface area contributed by atoms with Gasteiger partial charge in [0.25, 0.3) is 0 Å². The van der Waals surface area contributed by atoms with Crippen LogP contribution in [0.5, 0.6) is 5.75 Å². The second kappa shape index (κ2) is 5.67. The molecule has 0 bridgehead atoms. The minimum atomic E-state index is -0.890. The van der Waals surface area contributed by atoms with Gasteiger partial charge >= 0.3 is 5.97 Å². The van der Waals surface area contributed by atoms with E-state index in [0.717, 1.165) is 0 Å². The van der Waals surface area contributed by atoms with Gasteiger partial charge in [-0.05, 0) is 17.5 Å². The first-order chi connectivity index (χ1) is 8.34. The van der Waals surface area contributed by atoms with Gasteiger partial charge in [-0.2, -0.15) is 0 Å². The van der Waals surface area contributed by atoms with E-state index in [4.69, 9.17) is 9.84 Å². The van der Waals surface area contributed by atoms with Gasteiger partial charge < -0.3 is 9.84 Å². The molecule has 18 heavy (non-hydrogen) atoms. The summed E-state index contributed by atoms with van der Waals surface area (Å²) in [5.41, 5.74) is -0.000708. The van der Waals surface area contributed by atoms with Gasteiger partial charge in [-0.3, -0.25) is 9.59 Å². The topological polar surface area (TPSA) is 63.6 Å². The first-order valence-electron chi connectivity index (χ1n) is 5.73. The molecule has 98 valence electrons. The average Bonchev–Trinajstić information content (AvgIpc) is 2.26. The lowest BCUT2D eigenvalue weighted by Gasteiger charge is -2.21. The predicted octanol–water partition coefficient (Wildman–Crippen LogP) is 2.77. The van der Waals surface area contributed by atoms with Crippen LogP contribution in [0.4, 0.5) is 0 Å². The maximum absolute atomic E-state index is 12.1. The highest BCUT2D eigenvalue weighted by Gasteiger charge is 2.25. The fourth-order valence-electron chi connectivity index (χ4n) is 1.81. The average molecular weight is 250 g/mol. The number of hydrogen-bond acceptors (Lipinski definition) is 3. The third kappa shape index (κ3) is 4.20. The summed E-state index contributed by atoms with van der Waals surface area (Å²) in [7, 11) is 1.54. The van der Waals surface area contributed by atoms with E-state index in [1.165, 1.54) is 7.11 Å². The van der Waals surface area contributed by atoms with E-state index in [1.807, 2.05) is 0 Å². The number of aliphatic carboxylic acids is 1. The Kier molecular flexibility index (Phi) is 4.48. The number of carbonyl (C=O) groups excluding carboxylic acids is 1. The molecule has 0 aliphatic rings. The lowest BCUT2D eigenvalue weighted by molar-refractivity contribution is -0.139. The third-order valence-corrected chi connectivity index (χ3v) is 2.66. The van der Waals surface area contributed by atoms with Crippen LogP contribution in [0.1, 0.15) is 37.0 Å². The predicted molar refractivity (Wildman–Crippen MR) is 68.0 cm³/mol. The maximum Gasteiger partial charge on any atom is 0.303 e. The Morgan fingerprint density at radius 2 is 1.94 bits per heavy atom. The number of benzene rings is 1. The number of carboxylic acids is 1. The summed E-state index contributed by atoms with van der Waals surface area (Å²) >= 11 is 0. The SMILES string of the molecule is COc1cccc(C(=O)CC(C)(C)CC(=O)O)c1. The van der Waals surface area contributed by atoms with E-state index < -0.39 is 11.4 Å². The molecule has 0 spiro atoms. The first kappa shape index (κ1) is 14.2. The van der Waals surface area contributed by atoms with Crippen LogP contribution < -0.4 is 4.74 Å². The van der Waals surface area contributed by atoms with Gasteiger partial charge in [0.15, 0.2) is 5.78 Å². The largest absolute Gasteiger partial charge is 0.497 e. The molecule has 0 radical (unpaired) electrons. The summed E-state index contributed by atoms with van der Waals surface area (Å²) in [6.07, 6.45) is 0.176. The van der Waals surface area contributed by atoms with Crippen molar-refractivity contribution in [1.29, 1.82) is 0 Å². The quantitative estimate of drug-likeness (QED) is 0.788. The van der Waals surface area contributed by atoms with Crippen molar-refractivity contribution in [2.24, 2.45) is 5.41 Å². The molecular formula is C14H18O4. The van der Waals surface area contributed by atoms with Crippen LogP contribution in [0.25, 0.3) is 0 Å². The van der Waals surface area contributed by atoms with Crippen LogP contribution in [0.3, 0.4) is 0 Å². The van der Waals surface area contributed by atoms with Gasteiger partial charge in [0, 0.05) is 12.0 Å². The van der Waals surface area contributed by atoms with Crippen molar-refractivity contribution in [1.82, 2.24) is 0 Å². The van der Waals surface area contributed by atoms with Gasteiger partial charge in [0.1, 0.15) is 5.75 Å². The van der Waals surface area contributed by atoms with Crippen LogP contribution in [-0.4, -0.2) is 24.0 Å². The molecular weight excluding hydrogens is 232 g/mol. The zero-order valence-electron chi connectivity index (χ0n) is 10.9. The molecule has 0 saturated carbocycles. The van der Waals surface area contributed by atoms with E-state index >= 15 is 0 Å². The van der Waals surface area contributed by atoms with Crippen molar-refractivity contribution in [3.8, 4) is 5.75 Å². The summed E-state index contributed by atoms with van der Waals surface area (Å²) in [6, 6.07) is 6.89. The number of ether oxygens (including phenoxy) is 1. The molecule has 4 heteroatoms. The van der Waals surface area contributed by atoms with Crippen LogP contribution in [0.15, 0.2) is 24.3 Å². The Labute approximate surface area is 107 Å². The number of carboxylic acid groups (broad SMARTS) is 1. The number of carbonyl (C=O) groups is 2. The summed E-state index contributed by atoms with van der Waals surface area (Å²) in [5, 5.41) is 8.78. The molecule has 1 aromatic rings. The Morgan fingerprint density at radius 1 is 1.28 bits per heavy atom. The van der Waals surface area contributed by atoms with Crippen molar-refractivity contribution in [2.75, 3.05) is 7.11 Å². The fourth-order valence-corrected chi connectivity index (χ4v) is 1.81. The van der Waals surface area contributed by atoms with E-state index in [9.17, 15) is 9.59 Å². The third-order valence-electron chi connectivity index (χ3n) is 2.66. The van der Waals surface area contributed by atoms with Gasteiger partial charge in [-0.15, -0.1) is 0 Å². The highest BCUT2D eigenvalue weighted by Crippen LogP contribution is 2.27. The molecule has 0 unspecified atom stereocenters. The Balaban J connectivity index is 2.78. The zero-order valence-corrected chi connectivity index (χ0v) is 10.9. The van der Waals surface area contributed by atoms with Gasteiger partial charge in [0.05, 0.1) is 13.5 Å². The van der Waals surface area contributed by atoms with Crippen LogP contribution in [0, 0.1) is 5.41 Å². The normalized spacial score (nSPS) is 11.1. The Bertz CT molecular complexity index is 449. The van der Waals surface area contributed by atoms with E-state index in [1.54, 1.807) is 38.1 Å². The number of Topliss-reactive ketones (excluding diaryl/α,β-unsaturated/α-hetero) is 1. The van der Waals surface area contributed by atoms with Crippen molar-refractivity contribution in [3.05, 3.63) is 29.8 Å². The smallest absolute Gasteiger partial charge is 0.303 e. The highest BCUT2D eigenvalue weighted by atomic mass is 16.5. The van der Waals surface area contributed by atoms with Gasteiger partial charge in [0.2, 0.25) is 0 Å². The Hall–Kier alpha value is -1.84. The Morgan fingerprint density at radius 3 is 2.50 bits per heavy atom. The number of rotatable bonds is 6. The minimum absolute atomic E-state index is 0.0251. The molecule has 0 fully saturated rings. The molecule has 4 nitrogen and oxygen atoms in total. The maximum atomic E-state index is 12.1. The second-order valence-corrected chi connectivity index (χ2v) is 5.07. The van der Waals surface area contributed by atoms with Crippen molar-refractivity contribution >= 4 is 11.8 Å². The molecule has 0 aliphatic carbocycles. The van der Waals surface area contributed by atoms with E-state index in [2.05, 4.69) is 0 Å². The minimum Gasteiger partial charge on any atom is -0.497 e. The lowest BCUT2D eigenvalue weighted by Crippen LogP contribution is -2.21. The second-order valence-electron chi connectivity index (χ2n) is 5.07. The van der Waals surface area contributed by atoms with E-state index in [0.29, 0.717) is 11.3 Å². The summed E-state index contributed by atoms with van der Waals surface area (Å²) in [6.45, 7) is 3.55. The van der Waals surface area contributed by atoms with Gasteiger partial charge in [-0.25, -0.2) is 0 Å². The summed E-state index contributed by atoms with van der Waals surface area (Å²) in [5.74, 6) is -0.338. The van der Waals surface area contributed by atoms with Crippen LogP contribution >= 0.6 is 0 Å². The van der Waals surface area contributed by atoms with Crippen LogP contribution in [0.2, 0.25) is 0 Å². The van der Waals surface area contributed by atoms with E-state index in [-0.39, 0.29) is 18.6 Å². The standard InChI is InChI=1S/C14H18O4/c1-14(2,9-13(16)17)8-12(15)10-5-4-6-11(7-10)18-3/h4-7H,8-9H2,1-3H3,(H,16,17). The molecule has 0 atom stereocenters. The molecule has 1 N–H and O–H groups in total. The molecule has 0 heterocycles. The molecule has 0 aliphatic heterocycles. The summed E-state index contributed by atoms with van der Waals surface area (Å²) in [4.78, 5) is 22.8. The zero-order chi connectivity index (χ0) is 13.8. The summed E-state index contributed by atoms with van der Waals surface area (Å²) < 4.78 is 5.05. The first-order valence-corrected chi connectivity index (χ1v) is 5.73. The van der Waals surface area contributed by atoms with Crippen molar-refractivity contribution < 1.29 is 19.4 Å². The lowest BCUT2D eigenvalue weighted by atomic mass is 9.82. The molecule has 1 aromatic carbocycles. The van der Waals surface area contributed by atoms with Crippen molar-refractivity contribution in [2.45, 2.75) is 26.7 Å². The monoisotopic (exact) mass is 250 g/mol. The van der Waals surface area contributed by atoms with Crippen molar-refractivity contribution in [3.63, 3.8) is 0 Å².